The number of nitrogens with zero attached hydrogens (tertiary/aromatic N) is 1. The van der Waals surface area contributed by atoms with Crippen molar-refractivity contribution in [3.63, 3.8) is 0 Å². The zero-order valence-corrected chi connectivity index (χ0v) is 23.7. The second-order valence-electron chi connectivity index (χ2n) is 11.5. The molecule has 0 radical (unpaired) electrons. The van der Waals surface area contributed by atoms with E-state index in [1.165, 1.54) is 12.1 Å². The third-order valence-electron chi connectivity index (χ3n) is 8.36. The molecule has 4 rings (SSSR count). The van der Waals surface area contributed by atoms with Gasteiger partial charge in [-0.3, -0.25) is 19.1 Å². The van der Waals surface area contributed by atoms with Gasteiger partial charge < -0.3 is 15.5 Å². The number of benzene rings is 1. The normalized spacial score (nSPS) is 26.6. The van der Waals surface area contributed by atoms with Gasteiger partial charge in [-0.1, -0.05) is 31.1 Å². The lowest BCUT2D eigenvalue weighted by Crippen LogP contribution is -2.49. The van der Waals surface area contributed by atoms with Crippen molar-refractivity contribution in [3.05, 3.63) is 42.2 Å². The van der Waals surface area contributed by atoms with Crippen molar-refractivity contribution in [1.82, 2.24) is 14.9 Å². The van der Waals surface area contributed by atoms with E-state index < -0.39 is 22.6 Å². The number of allylic oxidation sites excluding steroid dienone is 1. The molecule has 3 fully saturated rings. The number of likely N-dealkylation sites (tertiary alicyclic amines) is 1. The van der Waals surface area contributed by atoms with Crippen LogP contribution in [0.5, 0.6) is 0 Å². The number of halogens is 1. The molecule has 3 amide bonds. The Hall–Kier alpha value is -2.75. The Labute approximate surface area is 233 Å². The highest BCUT2D eigenvalue weighted by Gasteiger charge is 2.60. The predicted octanol–water partition coefficient (Wildman–Crippen LogP) is 3.96. The van der Waals surface area contributed by atoms with E-state index in [2.05, 4.69) is 22.3 Å². The first-order chi connectivity index (χ1) is 18.7. The summed E-state index contributed by atoms with van der Waals surface area (Å²) < 4.78 is 28.3. The molecular formula is C29H41FN4O4S. The summed E-state index contributed by atoms with van der Waals surface area (Å²) in [6, 6.07) is 6.05. The van der Waals surface area contributed by atoms with Gasteiger partial charge >= 0.3 is 0 Å². The number of unbranched alkanes of at least 4 members (excludes halogenated alkanes) is 3. The first-order valence-electron chi connectivity index (χ1n) is 14.1. The molecule has 3 N–H and O–H groups in total. The molecule has 5 atom stereocenters. The Morgan fingerprint density at radius 3 is 2.72 bits per heavy atom. The van der Waals surface area contributed by atoms with E-state index in [0.29, 0.717) is 24.9 Å². The number of hydrogen-bond donors (Lipinski definition) is 3. The fraction of sp³-hybridized carbons (Fsp3) is 0.621. The minimum Gasteiger partial charge on any atom is -0.374 e. The van der Waals surface area contributed by atoms with E-state index in [4.69, 9.17) is 0 Å². The molecule has 214 valence electrons. The quantitative estimate of drug-likeness (QED) is 0.171. The van der Waals surface area contributed by atoms with Crippen LogP contribution in [-0.4, -0.2) is 56.2 Å². The van der Waals surface area contributed by atoms with Crippen molar-refractivity contribution in [3.8, 4) is 0 Å². The molecule has 1 heterocycles. The second kappa shape index (κ2) is 12.6. The fourth-order valence-electron chi connectivity index (χ4n) is 5.32. The average Bonchev–Trinajstić information content (AvgIpc) is 3.78. The third-order valence-corrected chi connectivity index (χ3v) is 10.0. The number of rotatable bonds is 15. The Kier molecular flexibility index (Phi) is 9.46. The van der Waals surface area contributed by atoms with Crippen LogP contribution >= 0.6 is 0 Å². The van der Waals surface area contributed by atoms with Gasteiger partial charge in [0, 0.05) is 24.2 Å². The molecule has 3 aliphatic rings. The molecule has 0 aromatic heterocycles. The van der Waals surface area contributed by atoms with Crippen LogP contribution in [0, 0.1) is 11.7 Å². The highest BCUT2D eigenvalue weighted by atomic mass is 32.2. The summed E-state index contributed by atoms with van der Waals surface area (Å²) in [5, 5.41) is 5.91. The lowest BCUT2D eigenvalue weighted by Gasteiger charge is -2.28. The van der Waals surface area contributed by atoms with Gasteiger partial charge in [0.25, 0.3) is 5.91 Å². The first-order valence-corrected chi connectivity index (χ1v) is 15.3. The van der Waals surface area contributed by atoms with Gasteiger partial charge in [0.15, 0.2) is 0 Å². The van der Waals surface area contributed by atoms with Gasteiger partial charge in [-0.25, -0.2) is 8.60 Å². The molecular weight excluding hydrogens is 519 g/mol. The molecule has 39 heavy (non-hydrogen) atoms. The van der Waals surface area contributed by atoms with Gasteiger partial charge in [0.1, 0.15) is 28.4 Å². The standard InChI is InChI=1S/C29H41FN4O4S/c1-21-10-9-17-34(21)26(36)25(32-24-13-8-12-23(30)18-24)14-7-5-3-4-6-11-22-19-29(22,31-20-35)27(37)33-39(38)28(2)15-16-28/h6,8,11-13,18,20-22,25,32H,3-5,7,9-10,14-17,19H2,1-2H3,(H,31,35)(H,33,37)/b11-6-/t21?,22?,25-,29+,39?/m0/s1. The third kappa shape index (κ3) is 7.26. The zero-order valence-electron chi connectivity index (χ0n) is 22.9. The van der Waals surface area contributed by atoms with E-state index >= 15 is 0 Å². The second-order valence-corrected chi connectivity index (χ2v) is 13.2. The van der Waals surface area contributed by atoms with Crippen molar-refractivity contribution >= 4 is 34.9 Å². The molecule has 1 saturated heterocycles. The number of amides is 3. The number of nitrogens with one attached hydrogen (secondary N) is 3. The van der Waals surface area contributed by atoms with Crippen LogP contribution in [0.25, 0.3) is 0 Å². The number of hydrogen-bond acceptors (Lipinski definition) is 5. The minimum absolute atomic E-state index is 0.0757. The van der Waals surface area contributed by atoms with Crippen LogP contribution < -0.4 is 15.4 Å². The van der Waals surface area contributed by atoms with Crippen LogP contribution in [-0.2, 0) is 25.4 Å². The maximum Gasteiger partial charge on any atom is 0.258 e. The largest absolute Gasteiger partial charge is 0.374 e. The van der Waals surface area contributed by atoms with Crippen LogP contribution in [0.3, 0.4) is 0 Å². The number of anilines is 1. The van der Waals surface area contributed by atoms with Gasteiger partial charge in [-0.2, -0.15) is 0 Å². The van der Waals surface area contributed by atoms with Crippen molar-refractivity contribution in [2.75, 3.05) is 11.9 Å². The van der Waals surface area contributed by atoms with Crippen molar-refractivity contribution in [2.24, 2.45) is 5.92 Å². The summed E-state index contributed by atoms with van der Waals surface area (Å²) in [5.41, 5.74) is -0.402. The highest BCUT2D eigenvalue weighted by Crippen LogP contribution is 2.46. The molecule has 2 saturated carbocycles. The molecule has 1 aromatic rings. The number of carbonyl (C=O) groups excluding carboxylic acids is 3. The molecule has 2 aliphatic carbocycles. The summed E-state index contributed by atoms with van der Waals surface area (Å²) in [6.45, 7) is 4.73. The zero-order chi connectivity index (χ0) is 28.0. The predicted molar refractivity (Wildman–Crippen MR) is 150 cm³/mol. The summed E-state index contributed by atoms with van der Waals surface area (Å²) in [6.07, 6.45) is 12.9. The fourth-order valence-corrected chi connectivity index (χ4v) is 6.39. The molecule has 1 aliphatic heterocycles. The van der Waals surface area contributed by atoms with Crippen molar-refractivity contribution in [2.45, 2.75) is 100 Å². The lowest BCUT2D eigenvalue weighted by atomic mass is 10.0. The lowest BCUT2D eigenvalue weighted by molar-refractivity contribution is -0.132. The maximum absolute atomic E-state index is 13.7. The van der Waals surface area contributed by atoms with Crippen LogP contribution in [0.2, 0.25) is 0 Å². The van der Waals surface area contributed by atoms with E-state index in [9.17, 15) is 23.0 Å². The molecule has 10 heteroatoms. The maximum atomic E-state index is 13.7. The summed E-state index contributed by atoms with van der Waals surface area (Å²) in [5.74, 6) is -0.763. The minimum atomic E-state index is -1.45. The molecule has 0 bridgehead atoms. The first kappa shape index (κ1) is 29.2. The van der Waals surface area contributed by atoms with Crippen LogP contribution in [0.1, 0.15) is 78.1 Å². The van der Waals surface area contributed by atoms with E-state index in [1.807, 2.05) is 24.0 Å². The Bertz CT molecular complexity index is 1110. The van der Waals surface area contributed by atoms with Gasteiger partial charge in [-0.15, -0.1) is 0 Å². The van der Waals surface area contributed by atoms with Crippen molar-refractivity contribution in [1.29, 1.82) is 0 Å². The SMILES string of the molecule is CC1CCCN1C(=O)[C@H](CCCCC/C=C\C1C[C@]1(NC=O)C(=O)NS(=O)C1(C)CC1)Nc1cccc(F)c1. The topological polar surface area (TPSA) is 108 Å². The Balaban J connectivity index is 1.22. The summed E-state index contributed by atoms with van der Waals surface area (Å²) >= 11 is 0. The van der Waals surface area contributed by atoms with Crippen LogP contribution in [0.4, 0.5) is 10.1 Å². The summed E-state index contributed by atoms with van der Waals surface area (Å²) in [4.78, 5) is 39.1. The van der Waals surface area contributed by atoms with Gasteiger partial charge in [0.05, 0.1) is 4.75 Å². The Morgan fingerprint density at radius 1 is 1.26 bits per heavy atom. The summed E-state index contributed by atoms with van der Waals surface area (Å²) in [7, 11) is -1.45. The van der Waals surface area contributed by atoms with Gasteiger partial charge in [0.2, 0.25) is 12.3 Å². The van der Waals surface area contributed by atoms with Crippen LogP contribution in [0.15, 0.2) is 36.4 Å². The molecule has 0 spiro atoms. The highest BCUT2D eigenvalue weighted by molar-refractivity contribution is 7.85. The molecule has 8 nitrogen and oxygen atoms in total. The molecule has 3 unspecified atom stereocenters. The number of carbonyl (C=O) groups is 3. The van der Waals surface area contributed by atoms with E-state index in [-0.39, 0.29) is 34.3 Å². The average molecular weight is 561 g/mol. The monoisotopic (exact) mass is 560 g/mol. The van der Waals surface area contributed by atoms with E-state index in [1.54, 1.807) is 12.1 Å². The van der Waals surface area contributed by atoms with Gasteiger partial charge in [-0.05, 0) is 83.4 Å². The van der Waals surface area contributed by atoms with E-state index in [0.717, 1.165) is 57.9 Å². The molecule has 1 aromatic carbocycles. The Morgan fingerprint density at radius 2 is 2.05 bits per heavy atom. The smallest absolute Gasteiger partial charge is 0.258 e. The van der Waals surface area contributed by atoms with Crippen molar-refractivity contribution < 1.29 is 23.0 Å².